The van der Waals surface area contributed by atoms with Crippen molar-refractivity contribution in [3.63, 3.8) is 0 Å². The second-order valence-corrected chi connectivity index (χ2v) is 2.96. The molecule has 1 aliphatic rings. The van der Waals surface area contributed by atoms with E-state index in [1.54, 1.807) is 6.92 Å². The van der Waals surface area contributed by atoms with E-state index in [-0.39, 0.29) is 23.9 Å². The lowest BCUT2D eigenvalue weighted by Crippen LogP contribution is -2.37. The van der Waals surface area contributed by atoms with E-state index in [4.69, 9.17) is 0 Å². The first kappa shape index (κ1) is 7.41. The molecule has 0 bridgehead atoms. The Kier molecular flexibility index (Phi) is 1.40. The van der Waals surface area contributed by atoms with Crippen molar-refractivity contribution in [1.29, 1.82) is 0 Å². The number of rotatable bonds is 0. The third-order valence-electron chi connectivity index (χ3n) is 1.96. The van der Waals surface area contributed by atoms with Crippen LogP contribution in [0.1, 0.15) is 20.3 Å². The molecule has 0 heterocycles. The van der Waals surface area contributed by atoms with Crippen LogP contribution in [0.25, 0.3) is 0 Å². The van der Waals surface area contributed by atoms with E-state index >= 15 is 0 Å². The molecule has 0 saturated heterocycles. The molecule has 1 aliphatic carbocycles. The first-order valence-electron chi connectivity index (χ1n) is 3.26. The Morgan fingerprint density at radius 1 is 1.60 bits per heavy atom. The zero-order valence-corrected chi connectivity index (χ0v) is 6.05. The molecule has 1 fully saturated rings. The van der Waals surface area contributed by atoms with Gasteiger partial charge in [-0.3, -0.25) is 9.59 Å². The molecule has 0 radical (unpaired) electrons. The maximum atomic E-state index is 11.0. The lowest BCUT2D eigenvalue weighted by atomic mass is 10.0. The zero-order chi connectivity index (χ0) is 7.94. The van der Waals surface area contributed by atoms with Crippen LogP contribution in [0.2, 0.25) is 0 Å². The molecule has 2 unspecified atom stereocenters. The smallest absolute Gasteiger partial charge is 0.178 e. The van der Waals surface area contributed by atoms with E-state index in [0.717, 1.165) is 0 Å². The number of aliphatic hydroxyl groups is 1. The Labute approximate surface area is 59.0 Å². The molecular weight excluding hydrogens is 132 g/mol. The van der Waals surface area contributed by atoms with Crippen molar-refractivity contribution in [1.82, 2.24) is 0 Å². The Morgan fingerprint density at radius 3 is 2.20 bits per heavy atom. The summed E-state index contributed by atoms with van der Waals surface area (Å²) in [5, 5.41) is 9.20. The highest BCUT2D eigenvalue weighted by Gasteiger charge is 2.47. The number of hydrogen-bond donors (Lipinski definition) is 1. The number of ketones is 2. The highest BCUT2D eigenvalue weighted by molar-refractivity contribution is 6.16. The lowest BCUT2D eigenvalue weighted by Gasteiger charge is -2.10. The van der Waals surface area contributed by atoms with Gasteiger partial charge in [0.15, 0.2) is 17.2 Å². The van der Waals surface area contributed by atoms with Crippen molar-refractivity contribution in [3.05, 3.63) is 0 Å². The summed E-state index contributed by atoms with van der Waals surface area (Å²) in [4.78, 5) is 21.8. The van der Waals surface area contributed by atoms with Crippen LogP contribution in [-0.2, 0) is 9.59 Å². The molecule has 3 nitrogen and oxygen atoms in total. The summed E-state index contributed by atoms with van der Waals surface area (Å²) in [5.41, 5.74) is -1.70. The minimum Gasteiger partial charge on any atom is -0.375 e. The first-order valence-corrected chi connectivity index (χ1v) is 3.26. The first-order chi connectivity index (χ1) is 4.46. The maximum absolute atomic E-state index is 11.0. The van der Waals surface area contributed by atoms with Gasteiger partial charge in [-0.15, -0.1) is 0 Å². The highest BCUT2D eigenvalue weighted by atomic mass is 16.3. The number of hydrogen-bond acceptors (Lipinski definition) is 3. The fourth-order valence-corrected chi connectivity index (χ4v) is 1.19. The van der Waals surface area contributed by atoms with Gasteiger partial charge in [0.25, 0.3) is 0 Å². The van der Waals surface area contributed by atoms with Gasteiger partial charge >= 0.3 is 0 Å². The van der Waals surface area contributed by atoms with Crippen molar-refractivity contribution >= 4 is 11.6 Å². The van der Waals surface area contributed by atoms with Crippen LogP contribution in [0.3, 0.4) is 0 Å². The monoisotopic (exact) mass is 142 g/mol. The van der Waals surface area contributed by atoms with Gasteiger partial charge in [0.2, 0.25) is 0 Å². The minimum absolute atomic E-state index is 0.186. The molecule has 0 amide bonds. The van der Waals surface area contributed by atoms with Gasteiger partial charge < -0.3 is 5.11 Å². The topological polar surface area (TPSA) is 54.4 Å². The summed E-state index contributed by atoms with van der Waals surface area (Å²) in [5.74, 6) is -1.01. The van der Waals surface area contributed by atoms with E-state index in [9.17, 15) is 14.7 Å². The summed E-state index contributed by atoms with van der Waals surface area (Å²) in [6.07, 6.45) is 0.186. The van der Waals surface area contributed by atoms with Gasteiger partial charge in [-0.2, -0.15) is 0 Å². The average molecular weight is 142 g/mol. The second-order valence-electron chi connectivity index (χ2n) is 2.96. The molecule has 3 heteroatoms. The second kappa shape index (κ2) is 1.89. The quantitative estimate of drug-likeness (QED) is 0.481. The van der Waals surface area contributed by atoms with Crippen LogP contribution < -0.4 is 0 Å². The summed E-state index contributed by atoms with van der Waals surface area (Å²) in [6.45, 7) is 2.92. The largest absolute Gasteiger partial charge is 0.375 e. The van der Waals surface area contributed by atoms with Gasteiger partial charge in [-0.1, -0.05) is 6.92 Å². The molecule has 0 aromatic rings. The van der Waals surface area contributed by atoms with Gasteiger partial charge in [0, 0.05) is 12.3 Å². The zero-order valence-electron chi connectivity index (χ0n) is 6.05. The summed E-state index contributed by atoms with van der Waals surface area (Å²) in [7, 11) is 0. The average Bonchev–Trinajstić information content (AvgIpc) is 1.97. The predicted molar refractivity (Wildman–Crippen MR) is 34.4 cm³/mol. The number of carbonyl (C=O) groups is 2. The van der Waals surface area contributed by atoms with E-state index < -0.39 is 5.60 Å². The normalized spacial score (nSPS) is 40.9. The predicted octanol–water partition coefficient (Wildman–Crippen LogP) is -0.0846. The minimum atomic E-state index is -1.70. The van der Waals surface area contributed by atoms with Crippen molar-refractivity contribution < 1.29 is 14.7 Å². The van der Waals surface area contributed by atoms with Crippen molar-refractivity contribution in [2.75, 3.05) is 0 Å². The molecular formula is C7H10O3. The third kappa shape index (κ3) is 0.778. The fraction of sp³-hybridized carbons (Fsp3) is 0.714. The van der Waals surface area contributed by atoms with E-state index in [0.29, 0.717) is 0 Å². The number of Topliss-reactive ketones (excluding diaryl/α,β-unsaturated/α-hetero) is 2. The van der Waals surface area contributed by atoms with Crippen molar-refractivity contribution in [3.8, 4) is 0 Å². The Balaban J connectivity index is 2.96. The molecule has 1 N–H and O–H groups in total. The van der Waals surface area contributed by atoms with Crippen LogP contribution in [0.4, 0.5) is 0 Å². The Hall–Kier alpha value is -0.700. The molecule has 56 valence electrons. The lowest BCUT2D eigenvalue weighted by molar-refractivity contribution is -0.143. The van der Waals surface area contributed by atoms with Crippen LogP contribution in [-0.4, -0.2) is 22.3 Å². The molecule has 0 spiro atoms. The van der Waals surface area contributed by atoms with Crippen LogP contribution in [0, 0.1) is 5.92 Å². The van der Waals surface area contributed by atoms with Crippen LogP contribution >= 0.6 is 0 Å². The summed E-state index contributed by atoms with van der Waals surface area (Å²) >= 11 is 0. The van der Waals surface area contributed by atoms with Crippen molar-refractivity contribution in [2.24, 2.45) is 5.92 Å². The molecule has 1 rings (SSSR count). The van der Waals surface area contributed by atoms with E-state index in [1.807, 2.05) is 0 Å². The Bertz CT molecular complexity index is 193. The summed E-state index contributed by atoms with van der Waals surface area (Å²) < 4.78 is 0. The van der Waals surface area contributed by atoms with E-state index in [2.05, 4.69) is 0 Å². The molecule has 10 heavy (non-hydrogen) atoms. The standard InChI is InChI=1S/C7H10O3/c1-4-3-5(8)7(2,10)6(4)9/h4,10H,3H2,1-2H3. The Morgan fingerprint density at radius 2 is 2.10 bits per heavy atom. The molecule has 2 atom stereocenters. The van der Waals surface area contributed by atoms with Crippen LogP contribution in [0.15, 0.2) is 0 Å². The van der Waals surface area contributed by atoms with Crippen LogP contribution in [0.5, 0.6) is 0 Å². The maximum Gasteiger partial charge on any atom is 0.178 e. The molecule has 0 aliphatic heterocycles. The van der Waals surface area contributed by atoms with Gasteiger partial charge in [-0.25, -0.2) is 0 Å². The van der Waals surface area contributed by atoms with E-state index in [1.165, 1.54) is 6.92 Å². The molecule has 1 saturated carbocycles. The summed E-state index contributed by atoms with van der Waals surface area (Å²) in [6, 6.07) is 0. The van der Waals surface area contributed by atoms with Gasteiger partial charge in [-0.05, 0) is 6.92 Å². The van der Waals surface area contributed by atoms with Crippen molar-refractivity contribution in [2.45, 2.75) is 25.9 Å². The number of carbonyl (C=O) groups excluding carboxylic acids is 2. The van der Waals surface area contributed by atoms with Gasteiger partial charge in [0.1, 0.15) is 0 Å². The highest BCUT2D eigenvalue weighted by Crippen LogP contribution is 2.26. The molecule has 0 aromatic heterocycles. The van der Waals surface area contributed by atoms with Gasteiger partial charge in [0.05, 0.1) is 0 Å². The fourth-order valence-electron chi connectivity index (χ4n) is 1.19. The molecule has 0 aromatic carbocycles. The SMILES string of the molecule is CC1CC(=O)C(C)(O)C1=O. The third-order valence-corrected chi connectivity index (χ3v) is 1.96.